The lowest BCUT2D eigenvalue weighted by molar-refractivity contribution is -0.136. The van der Waals surface area contributed by atoms with E-state index in [9.17, 15) is 4.79 Å². The maximum Gasteiger partial charge on any atom is 0.308 e. The first-order valence-electron chi connectivity index (χ1n) is 4.48. The summed E-state index contributed by atoms with van der Waals surface area (Å²) < 4.78 is 0. The molecule has 2 N–H and O–H groups in total. The van der Waals surface area contributed by atoms with Crippen molar-refractivity contribution in [3.63, 3.8) is 0 Å². The first-order valence-corrected chi connectivity index (χ1v) is 5.29. The SMILES string of the molecule is Cc1nc(-c2cc[nH]c2)c(CC(=O)O)s1. The normalized spacial score (nSPS) is 10.5. The number of aryl methyl sites for hydroxylation is 1. The second-order valence-electron chi connectivity index (χ2n) is 3.17. The van der Waals surface area contributed by atoms with Crippen molar-refractivity contribution < 1.29 is 9.90 Å². The number of aromatic nitrogens is 2. The van der Waals surface area contributed by atoms with Crippen molar-refractivity contribution in [1.29, 1.82) is 0 Å². The zero-order chi connectivity index (χ0) is 10.8. The van der Waals surface area contributed by atoms with Gasteiger partial charge in [0.05, 0.1) is 17.1 Å². The van der Waals surface area contributed by atoms with Gasteiger partial charge >= 0.3 is 5.97 Å². The van der Waals surface area contributed by atoms with Crippen LogP contribution in [0.1, 0.15) is 9.88 Å². The van der Waals surface area contributed by atoms with Crippen molar-refractivity contribution >= 4 is 17.3 Å². The molecular weight excluding hydrogens is 212 g/mol. The lowest BCUT2D eigenvalue weighted by Gasteiger charge is -1.95. The van der Waals surface area contributed by atoms with Gasteiger partial charge in [0.25, 0.3) is 0 Å². The summed E-state index contributed by atoms with van der Waals surface area (Å²) in [5, 5.41) is 9.66. The number of hydrogen-bond acceptors (Lipinski definition) is 3. The summed E-state index contributed by atoms with van der Waals surface area (Å²) in [4.78, 5) is 18.8. The fourth-order valence-corrected chi connectivity index (χ4v) is 2.37. The average molecular weight is 222 g/mol. The monoisotopic (exact) mass is 222 g/mol. The van der Waals surface area contributed by atoms with Gasteiger partial charge < -0.3 is 10.1 Å². The molecule has 0 aliphatic rings. The lowest BCUT2D eigenvalue weighted by atomic mass is 10.2. The summed E-state index contributed by atoms with van der Waals surface area (Å²) >= 11 is 1.44. The zero-order valence-electron chi connectivity index (χ0n) is 8.15. The zero-order valence-corrected chi connectivity index (χ0v) is 8.97. The Kier molecular flexibility index (Phi) is 2.55. The van der Waals surface area contributed by atoms with Gasteiger partial charge in [0.15, 0.2) is 0 Å². The summed E-state index contributed by atoms with van der Waals surface area (Å²) in [6, 6.07) is 1.89. The molecule has 2 rings (SSSR count). The molecular formula is C10H10N2O2S. The number of aromatic amines is 1. The highest BCUT2D eigenvalue weighted by molar-refractivity contribution is 7.12. The number of carboxylic acids is 1. The molecule has 0 bridgehead atoms. The van der Waals surface area contributed by atoms with Crippen LogP contribution in [0.25, 0.3) is 11.3 Å². The van der Waals surface area contributed by atoms with Gasteiger partial charge in [-0.2, -0.15) is 0 Å². The quantitative estimate of drug-likeness (QED) is 0.835. The number of aliphatic carboxylic acids is 1. The maximum absolute atomic E-state index is 10.7. The third kappa shape index (κ3) is 2.07. The molecule has 0 amide bonds. The number of hydrogen-bond donors (Lipinski definition) is 2. The van der Waals surface area contributed by atoms with E-state index in [-0.39, 0.29) is 6.42 Å². The molecule has 0 unspecified atom stereocenters. The first-order chi connectivity index (χ1) is 7.16. The molecule has 15 heavy (non-hydrogen) atoms. The van der Waals surface area contributed by atoms with Crippen molar-refractivity contribution in [3.8, 4) is 11.3 Å². The molecule has 0 spiro atoms. The van der Waals surface area contributed by atoms with Crippen LogP contribution in [0.15, 0.2) is 18.5 Å². The molecule has 0 radical (unpaired) electrons. The van der Waals surface area contributed by atoms with E-state index in [0.29, 0.717) is 0 Å². The van der Waals surface area contributed by atoms with Gasteiger partial charge in [-0.15, -0.1) is 11.3 Å². The number of carboxylic acid groups (broad SMARTS) is 1. The van der Waals surface area contributed by atoms with Crippen molar-refractivity contribution in [2.24, 2.45) is 0 Å². The number of nitrogens with zero attached hydrogens (tertiary/aromatic N) is 1. The van der Waals surface area contributed by atoms with Gasteiger partial charge in [-0.3, -0.25) is 4.79 Å². The van der Waals surface area contributed by atoms with Crippen LogP contribution in [0.5, 0.6) is 0 Å². The smallest absolute Gasteiger partial charge is 0.308 e. The van der Waals surface area contributed by atoms with Crippen LogP contribution in [-0.2, 0) is 11.2 Å². The predicted octanol–water partition coefficient (Wildman–Crippen LogP) is 2.07. The second-order valence-corrected chi connectivity index (χ2v) is 4.46. The van der Waals surface area contributed by atoms with Crippen molar-refractivity contribution in [1.82, 2.24) is 9.97 Å². The number of thiazole rings is 1. The highest BCUT2D eigenvalue weighted by atomic mass is 32.1. The van der Waals surface area contributed by atoms with E-state index in [1.54, 1.807) is 6.20 Å². The molecule has 0 aliphatic carbocycles. The van der Waals surface area contributed by atoms with Crippen molar-refractivity contribution in [2.45, 2.75) is 13.3 Å². The molecule has 0 saturated heterocycles. The summed E-state index contributed by atoms with van der Waals surface area (Å²) in [6.45, 7) is 1.88. The Morgan fingerprint density at radius 1 is 1.67 bits per heavy atom. The molecule has 2 aromatic rings. The summed E-state index contributed by atoms with van der Waals surface area (Å²) in [6.07, 6.45) is 3.65. The van der Waals surface area contributed by atoms with Crippen molar-refractivity contribution in [2.75, 3.05) is 0 Å². The molecule has 0 aliphatic heterocycles. The lowest BCUT2D eigenvalue weighted by Crippen LogP contribution is -1.99. The highest BCUT2D eigenvalue weighted by Crippen LogP contribution is 2.28. The number of carbonyl (C=O) groups is 1. The third-order valence-electron chi connectivity index (χ3n) is 1.99. The van der Waals surface area contributed by atoms with Crippen LogP contribution < -0.4 is 0 Å². The molecule has 78 valence electrons. The van der Waals surface area contributed by atoms with E-state index in [0.717, 1.165) is 21.1 Å². The van der Waals surface area contributed by atoms with Crippen LogP contribution in [-0.4, -0.2) is 21.0 Å². The topological polar surface area (TPSA) is 66.0 Å². The van der Waals surface area contributed by atoms with Gasteiger partial charge in [0.2, 0.25) is 0 Å². The molecule has 2 heterocycles. The van der Waals surface area contributed by atoms with E-state index < -0.39 is 5.97 Å². The standard InChI is InChI=1S/C10H10N2O2S/c1-6-12-10(7-2-3-11-5-7)8(15-6)4-9(13)14/h2-3,5,11H,4H2,1H3,(H,13,14). The van der Waals surface area contributed by atoms with E-state index in [2.05, 4.69) is 9.97 Å². The van der Waals surface area contributed by atoms with Gasteiger partial charge in [0, 0.05) is 22.8 Å². The van der Waals surface area contributed by atoms with Crippen LogP contribution in [0.4, 0.5) is 0 Å². The summed E-state index contributed by atoms with van der Waals surface area (Å²) in [5.74, 6) is -0.824. The second kappa shape index (κ2) is 3.86. The van der Waals surface area contributed by atoms with Gasteiger partial charge in [-0.1, -0.05) is 0 Å². The van der Waals surface area contributed by atoms with E-state index in [1.165, 1.54) is 11.3 Å². The fraction of sp³-hybridized carbons (Fsp3) is 0.200. The van der Waals surface area contributed by atoms with E-state index in [4.69, 9.17) is 5.11 Å². The molecule has 2 aromatic heterocycles. The maximum atomic E-state index is 10.7. The Labute approximate surface area is 90.6 Å². The largest absolute Gasteiger partial charge is 0.481 e. The minimum absolute atomic E-state index is 0.0337. The summed E-state index contributed by atoms with van der Waals surface area (Å²) in [7, 11) is 0. The van der Waals surface area contributed by atoms with Crippen LogP contribution >= 0.6 is 11.3 Å². The minimum atomic E-state index is -0.824. The fourth-order valence-electron chi connectivity index (χ4n) is 1.42. The van der Waals surface area contributed by atoms with Gasteiger partial charge in [-0.05, 0) is 13.0 Å². The Bertz CT molecular complexity index is 474. The first kappa shape index (κ1) is 9.92. The van der Waals surface area contributed by atoms with Gasteiger partial charge in [-0.25, -0.2) is 4.98 Å². The molecule has 5 heteroatoms. The number of nitrogens with one attached hydrogen (secondary N) is 1. The van der Waals surface area contributed by atoms with Crippen molar-refractivity contribution in [3.05, 3.63) is 28.3 Å². The molecule has 4 nitrogen and oxygen atoms in total. The number of rotatable bonds is 3. The van der Waals surface area contributed by atoms with E-state index in [1.807, 2.05) is 19.2 Å². The van der Waals surface area contributed by atoms with Gasteiger partial charge in [0.1, 0.15) is 0 Å². The highest BCUT2D eigenvalue weighted by Gasteiger charge is 2.13. The minimum Gasteiger partial charge on any atom is -0.481 e. The third-order valence-corrected chi connectivity index (χ3v) is 2.96. The molecule has 0 fully saturated rings. The predicted molar refractivity (Wildman–Crippen MR) is 58.0 cm³/mol. The Balaban J connectivity index is 2.42. The average Bonchev–Trinajstić information content (AvgIpc) is 2.72. The summed E-state index contributed by atoms with van der Waals surface area (Å²) in [5.41, 5.74) is 1.72. The number of H-pyrrole nitrogens is 1. The Hall–Kier alpha value is -1.62. The molecule has 0 atom stereocenters. The molecule has 0 saturated carbocycles. The van der Waals surface area contributed by atoms with Crippen LogP contribution in [0.2, 0.25) is 0 Å². The molecule has 0 aromatic carbocycles. The van der Waals surface area contributed by atoms with Crippen LogP contribution in [0, 0.1) is 6.92 Å². The Morgan fingerprint density at radius 3 is 3.07 bits per heavy atom. The van der Waals surface area contributed by atoms with E-state index >= 15 is 0 Å². The Morgan fingerprint density at radius 2 is 2.47 bits per heavy atom. The van der Waals surface area contributed by atoms with Crippen LogP contribution in [0.3, 0.4) is 0 Å².